The molecule has 0 aliphatic carbocycles. The minimum atomic E-state index is -0.181. The van der Waals surface area contributed by atoms with Gasteiger partial charge < -0.3 is 13.9 Å². The van der Waals surface area contributed by atoms with Gasteiger partial charge in [0.05, 0.1) is 19.4 Å². The molecule has 0 bridgehead atoms. The van der Waals surface area contributed by atoms with Crippen molar-refractivity contribution >= 4 is 5.91 Å². The molecule has 0 saturated heterocycles. The summed E-state index contributed by atoms with van der Waals surface area (Å²) in [6, 6.07) is 6.44. The first-order chi connectivity index (χ1) is 12.2. The van der Waals surface area contributed by atoms with Crippen LogP contribution in [0.1, 0.15) is 16.4 Å². The zero-order valence-corrected chi connectivity index (χ0v) is 13.5. The number of hydrogen-bond donors (Lipinski definition) is 0. The van der Waals surface area contributed by atoms with E-state index in [9.17, 15) is 9.59 Å². The summed E-state index contributed by atoms with van der Waals surface area (Å²) in [5.74, 6) is 0.964. The van der Waals surface area contributed by atoms with Crippen molar-refractivity contribution in [2.24, 2.45) is 5.92 Å². The van der Waals surface area contributed by atoms with E-state index in [-0.39, 0.29) is 17.4 Å². The number of furan rings is 1. The summed E-state index contributed by atoms with van der Waals surface area (Å²) in [5, 5.41) is 4.12. The number of fused-ring (bicyclic) bond motifs is 1. The fourth-order valence-corrected chi connectivity index (χ4v) is 3.14. The Kier molecular flexibility index (Phi) is 3.93. The number of aromatic nitrogens is 4. The van der Waals surface area contributed by atoms with Crippen LogP contribution in [-0.4, -0.2) is 36.7 Å². The van der Waals surface area contributed by atoms with E-state index < -0.39 is 0 Å². The second kappa shape index (κ2) is 6.39. The van der Waals surface area contributed by atoms with Crippen molar-refractivity contribution in [2.75, 3.05) is 6.54 Å². The monoisotopic (exact) mass is 339 g/mol. The van der Waals surface area contributed by atoms with Crippen LogP contribution in [0, 0.1) is 5.92 Å². The number of carbonyl (C=O) groups is 1. The highest BCUT2D eigenvalue weighted by molar-refractivity contribution is 5.91. The normalized spacial score (nSPS) is 17.1. The highest BCUT2D eigenvalue weighted by atomic mass is 16.3. The van der Waals surface area contributed by atoms with Crippen molar-refractivity contribution in [3.63, 3.8) is 0 Å². The molecular formula is C17H17N5O3. The van der Waals surface area contributed by atoms with Crippen LogP contribution >= 0.6 is 0 Å². The molecule has 1 amide bonds. The predicted molar refractivity (Wildman–Crippen MR) is 87.7 cm³/mol. The van der Waals surface area contributed by atoms with Gasteiger partial charge in [-0.2, -0.15) is 5.10 Å². The molecule has 1 aliphatic heterocycles. The van der Waals surface area contributed by atoms with Gasteiger partial charge in [-0.3, -0.25) is 9.59 Å². The van der Waals surface area contributed by atoms with Gasteiger partial charge in [0, 0.05) is 43.7 Å². The van der Waals surface area contributed by atoms with Crippen molar-refractivity contribution in [1.29, 1.82) is 0 Å². The van der Waals surface area contributed by atoms with Crippen LogP contribution < -0.4 is 5.56 Å². The maximum absolute atomic E-state index is 12.7. The Morgan fingerprint density at radius 2 is 2.16 bits per heavy atom. The lowest BCUT2D eigenvalue weighted by atomic mass is 10.1. The Hall–Kier alpha value is -3.16. The van der Waals surface area contributed by atoms with E-state index in [0.29, 0.717) is 31.9 Å². The molecule has 3 aromatic rings. The first kappa shape index (κ1) is 15.4. The average Bonchev–Trinajstić information content (AvgIpc) is 3.25. The molecule has 4 rings (SSSR count). The van der Waals surface area contributed by atoms with Crippen molar-refractivity contribution < 1.29 is 9.21 Å². The van der Waals surface area contributed by atoms with E-state index in [1.807, 2.05) is 10.8 Å². The molecule has 1 aliphatic rings. The molecule has 0 fully saturated rings. The van der Waals surface area contributed by atoms with Gasteiger partial charge in [-0.25, -0.2) is 9.67 Å². The Morgan fingerprint density at radius 3 is 2.96 bits per heavy atom. The largest absolute Gasteiger partial charge is 0.459 e. The van der Waals surface area contributed by atoms with Gasteiger partial charge in [-0.05, 0) is 18.2 Å². The average molecular weight is 339 g/mol. The van der Waals surface area contributed by atoms with Gasteiger partial charge in [0.25, 0.3) is 11.5 Å². The second-order valence-corrected chi connectivity index (χ2v) is 6.07. The first-order valence-electron chi connectivity index (χ1n) is 8.05. The summed E-state index contributed by atoms with van der Waals surface area (Å²) in [6.45, 7) is 1.99. The molecule has 8 heteroatoms. The quantitative estimate of drug-likeness (QED) is 0.711. The van der Waals surface area contributed by atoms with Crippen LogP contribution in [0.15, 0.2) is 58.3 Å². The Bertz CT molecular complexity index is 928. The van der Waals surface area contributed by atoms with E-state index in [1.165, 1.54) is 17.0 Å². The molecule has 0 saturated carbocycles. The van der Waals surface area contributed by atoms with Crippen LogP contribution in [0.4, 0.5) is 0 Å². The SMILES string of the molecule is O=C(c1ccco1)N1Cc2nccn2C[C@@H](Cn2ncccc2=O)C1. The molecule has 4 heterocycles. The Morgan fingerprint density at radius 1 is 1.24 bits per heavy atom. The van der Waals surface area contributed by atoms with Gasteiger partial charge in [0.1, 0.15) is 5.82 Å². The van der Waals surface area contributed by atoms with Gasteiger partial charge >= 0.3 is 0 Å². The molecule has 0 aromatic carbocycles. The van der Waals surface area contributed by atoms with Gasteiger partial charge in [0.2, 0.25) is 0 Å². The topological polar surface area (TPSA) is 86.2 Å². The van der Waals surface area contributed by atoms with Crippen molar-refractivity contribution in [1.82, 2.24) is 24.2 Å². The molecule has 0 radical (unpaired) electrons. The van der Waals surface area contributed by atoms with Crippen molar-refractivity contribution in [3.8, 4) is 0 Å². The standard InChI is InChI=1S/C17H17N5O3/c23-16-4-1-5-19-22(16)11-13-9-20-7-6-18-15(20)12-21(10-13)17(24)14-3-2-8-25-14/h1-8,13H,9-12H2/t13-/m1/s1. The lowest BCUT2D eigenvalue weighted by Gasteiger charge is -2.23. The maximum atomic E-state index is 12.7. The molecule has 0 unspecified atom stereocenters. The fourth-order valence-electron chi connectivity index (χ4n) is 3.14. The molecule has 0 N–H and O–H groups in total. The van der Waals surface area contributed by atoms with E-state index in [1.54, 1.807) is 35.5 Å². The number of rotatable bonds is 3. The summed E-state index contributed by atoms with van der Waals surface area (Å²) < 4.78 is 8.70. The van der Waals surface area contributed by atoms with Gasteiger partial charge in [-0.15, -0.1) is 0 Å². The molecule has 128 valence electrons. The van der Waals surface area contributed by atoms with Crippen LogP contribution in [0.25, 0.3) is 0 Å². The van der Waals surface area contributed by atoms with E-state index in [2.05, 4.69) is 10.1 Å². The lowest BCUT2D eigenvalue weighted by molar-refractivity contribution is 0.0680. The van der Waals surface area contributed by atoms with Crippen LogP contribution in [-0.2, 0) is 19.6 Å². The van der Waals surface area contributed by atoms with Gasteiger partial charge in [-0.1, -0.05) is 0 Å². The van der Waals surface area contributed by atoms with Crippen molar-refractivity contribution in [2.45, 2.75) is 19.6 Å². The molecule has 1 atom stereocenters. The molecule has 25 heavy (non-hydrogen) atoms. The van der Waals surface area contributed by atoms with Crippen LogP contribution in [0.5, 0.6) is 0 Å². The Balaban J connectivity index is 1.62. The second-order valence-electron chi connectivity index (χ2n) is 6.07. The summed E-state index contributed by atoms with van der Waals surface area (Å²) in [5.41, 5.74) is -0.151. The number of nitrogens with zero attached hydrogens (tertiary/aromatic N) is 5. The minimum Gasteiger partial charge on any atom is -0.459 e. The minimum absolute atomic E-state index is 0.0296. The van der Waals surface area contributed by atoms with E-state index in [0.717, 1.165) is 5.82 Å². The molecule has 3 aromatic heterocycles. The summed E-state index contributed by atoms with van der Waals surface area (Å²) >= 11 is 0. The van der Waals surface area contributed by atoms with Crippen molar-refractivity contribution in [3.05, 3.63) is 71.1 Å². The smallest absolute Gasteiger partial charge is 0.289 e. The van der Waals surface area contributed by atoms with Crippen LogP contribution in [0.2, 0.25) is 0 Å². The van der Waals surface area contributed by atoms with Gasteiger partial charge in [0.15, 0.2) is 5.76 Å². The number of hydrogen-bond acceptors (Lipinski definition) is 5. The zero-order chi connectivity index (χ0) is 17.2. The summed E-state index contributed by atoms with van der Waals surface area (Å²) in [7, 11) is 0. The zero-order valence-electron chi connectivity index (χ0n) is 13.5. The third kappa shape index (κ3) is 3.10. The molecule has 0 spiro atoms. The maximum Gasteiger partial charge on any atom is 0.289 e. The predicted octanol–water partition coefficient (Wildman–Crippen LogP) is 1.01. The molecular weight excluding hydrogens is 322 g/mol. The Labute approximate surface area is 143 Å². The third-order valence-electron chi connectivity index (χ3n) is 4.30. The third-order valence-corrected chi connectivity index (χ3v) is 4.30. The lowest BCUT2D eigenvalue weighted by Crippen LogP contribution is -2.36. The number of imidazole rings is 1. The first-order valence-corrected chi connectivity index (χ1v) is 8.05. The summed E-state index contributed by atoms with van der Waals surface area (Å²) in [4.78, 5) is 30.7. The number of amides is 1. The summed E-state index contributed by atoms with van der Waals surface area (Å²) in [6.07, 6.45) is 6.69. The highest BCUT2D eigenvalue weighted by Gasteiger charge is 2.28. The number of carbonyl (C=O) groups excluding carboxylic acids is 1. The van der Waals surface area contributed by atoms with Crippen LogP contribution in [0.3, 0.4) is 0 Å². The fraction of sp³-hybridized carbons (Fsp3) is 0.294. The highest BCUT2D eigenvalue weighted by Crippen LogP contribution is 2.19. The molecule has 8 nitrogen and oxygen atoms in total. The van der Waals surface area contributed by atoms with E-state index >= 15 is 0 Å². The van der Waals surface area contributed by atoms with E-state index in [4.69, 9.17) is 4.42 Å².